The number of nitrogens with one attached hydrogen (secondary N) is 1. The van der Waals surface area contributed by atoms with Gasteiger partial charge in [0, 0.05) is 14.5 Å². The Labute approximate surface area is 133 Å². The lowest BCUT2D eigenvalue weighted by Crippen LogP contribution is -2.08. The maximum absolute atomic E-state index is 13.9. The van der Waals surface area contributed by atoms with Gasteiger partial charge in [0.1, 0.15) is 5.82 Å². The summed E-state index contributed by atoms with van der Waals surface area (Å²) in [7, 11) is 0. The van der Waals surface area contributed by atoms with E-state index in [1.54, 1.807) is 12.1 Å². The van der Waals surface area contributed by atoms with Crippen molar-refractivity contribution >= 4 is 49.1 Å². The predicted molar refractivity (Wildman–Crippen MR) is 85.3 cm³/mol. The Balaban J connectivity index is 2.23. The third kappa shape index (κ3) is 3.71. The first-order chi connectivity index (χ1) is 8.97. The molecule has 0 bridgehead atoms. The molecule has 1 N–H and O–H groups in total. The van der Waals surface area contributed by atoms with E-state index in [0.29, 0.717) is 10.6 Å². The summed E-state index contributed by atoms with van der Waals surface area (Å²) >= 11 is 12.7. The highest BCUT2D eigenvalue weighted by Gasteiger charge is 2.12. The van der Waals surface area contributed by atoms with Crippen molar-refractivity contribution in [1.29, 1.82) is 0 Å². The minimum absolute atomic E-state index is 0.174. The molecule has 19 heavy (non-hydrogen) atoms. The van der Waals surface area contributed by atoms with Gasteiger partial charge in [-0.3, -0.25) is 0 Å². The van der Waals surface area contributed by atoms with Crippen molar-refractivity contribution in [2.45, 2.75) is 13.0 Å². The lowest BCUT2D eigenvalue weighted by molar-refractivity contribution is 0.599. The molecule has 0 saturated heterocycles. The molecule has 2 aromatic carbocycles. The van der Waals surface area contributed by atoms with Crippen LogP contribution in [-0.4, -0.2) is 0 Å². The van der Waals surface area contributed by atoms with Gasteiger partial charge in [-0.05, 0) is 37.3 Å². The van der Waals surface area contributed by atoms with Crippen LogP contribution < -0.4 is 5.32 Å². The topological polar surface area (TPSA) is 12.0 Å². The van der Waals surface area contributed by atoms with Gasteiger partial charge >= 0.3 is 0 Å². The van der Waals surface area contributed by atoms with Gasteiger partial charge in [-0.25, -0.2) is 4.39 Å². The van der Waals surface area contributed by atoms with Crippen molar-refractivity contribution in [2.75, 3.05) is 5.32 Å². The minimum atomic E-state index is -0.248. The van der Waals surface area contributed by atoms with Gasteiger partial charge in [-0.2, -0.15) is 0 Å². The molecule has 0 heterocycles. The molecule has 0 aromatic heterocycles. The number of anilines is 1. The van der Waals surface area contributed by atoms with E-state index in [-0.39, 0.29) is 11.9 Å². The van der Waals surface area contributed by atoms with E-state index in [9.17, 15) is 4.39 Å². The summed E-state index contributed by atoms with van der Waals surface area (Å²) in [5.41, 5.74) is 1.38. The van der Waals surface area contributed by atoms with Crippen LogP contribution in [0.1, 0.15) is 18.5 Å². The van der Waals surface area contributed by atoms with Crippen LogP contribution in [0.15, 0.2) is 45.3 Å². The molecule has 5 heteroatoms. The Morgan fingerprint density at radius 1 is 1.11 bits per heavy atom. The fourth-order valence-electron chi connectivity index (χ4n) is 1.77. The van der Waals surface area contributed by atoms with Crippen molar-refractivity contribution in [3.8, 4) is 0 Å². The van der Waals surface area contributed by atoms with Gasteiger partial charge in [0.15, 0.2) is 0 Å². The summed E-state index contributed by atoms with van der Waals surface area (Å²) in [6.45, 7) is 1.89. The molecule has 0 saturated carbocycles. The Bertz CT molecular complexity index is 604. The lowest BCUT2D eigenvalue weighted by atomic mass is 10.1. The molecule has 0 fully saturated rings. The SMILES string of the molecule is CC(Nc1ccc(Br)cc1Cl)c1ccc(Br)cc1F. The zero-order chi connectivity index (χ0) is 14.0. The summed E-state index contributed by atoms with van der Waals surface area (Å²) in [5.74, 6) is -0.248. The minimum Gasteiger partial charge on any atom is -0.377 e. The number of hydrogen-bond donors (Lipinski definition) is 1. The Hall–Kier alpha value is -0.580. The molecule has 2 aromatic rings. The average Bonchev–Trinajstić information content (AvgIpc) is 2.32. The summed E-state index contributed by atoms with van der Waals surface area (Å²) in [6.07, 6.45) is 0. The van der Waals surface area contributed by atoms with Gasteiger partial charge in [0.05, 0.1) is 16.8 Å². The summed E-state index contributed by atoms with van der Waals surface area (Å²) in [5, 5.41) is 3.80. The second-order valence-electron chi connectivity index (χ2n) is 4.16. The molecule has 0 radical (unpaired) electrons. The average molecular weight is 408 g/mol. The molecular formula is C14H11Br2ClFN. The second-order valence-corrected chi connectivity index (χ2v) is 6.39. The monoisotopic (exact) mass is 405 g/mol. The van der Waals surface area contributed by atoms with E-state index in [0.717, 1.165) is 14.6 Å². The van der Waals surface area contributed by atoms with Gasteiger partial charge in [-0.1, -0.05) is 49.5 Å². The molecule has 0 amide bonds. The van der Waals surface area contributed by atoms with Gasteiger partial charge < -0.3 is 5.32 Å². The molecule has 1 atom stereocenters. The fourth-order valence-corrected chi connectivity index (χ4v) is 2.83. The third-order valence-electron chi connectivity index (χ3n) is 2.73. The maximum Gasteiger partial charge on any atom is 0.129 e. The van der Waals surface area contributed by atoms with E-state index in [1.165, 1.54) is 6.07 Å². The van der Waals surface area contributed by atoms with Gasteiger partial charge in [0.25, 0.3) is 0 Å². The molecule has 2 rings (SSSR count). The summed E-state index contributed by atoms with van der Waals surface area (Å²) in [6, 6.07) is 10.4. The second kappa shape index (κ2) is 6.25. The van der Waals surface area contributed by atoms with Crippen LogP contribution in [0.2, 0.25) is 5.02 Å². The molecule has 0 aliphatic heterocycles. The first kappa shape index (κ1) is 14.8. The summed E-state index contributed by atoms with van der Waals surface area (Å²) < 4.78 is 15.5. The van der Waals surface area contributed by atoms with E-state index in [4.69, 9.17) is 11.6 Å². The molecule has 0 aliphatic carbocycles. The largest absolute Gasteiger partial charge is 0.377 e. The fraction of sp³-hybridized carbons (Fsp3) is 0.143. The Kier molecular flexibility index (Phi) is 4.87. The zero-order valence-corrected chi connectivity index (χ0v) is 14.0. The first-order valence-electron chi connectivity index (χ1n) is 5.64. The molecule has 1 nitrogen and oxygen atoms in total. The highest BCUT2D eigenvalue weighted by atomic mass is 79.9. The number of halogens is 4. The highest BCUT2D eigenvalue weighted by molar-refractivity contribution is 9.10. The maximum atomic E-state index is 13.9. The van der Waals surface area contributed by atoms with Gasteiger partial charge in [-0.15, -0.1) is 0 Å². The number of rotatable bonds is 3. The van der Waals surface area contributed by atoms with Crippen LogP contribution in [0.4, 0.5) is 10.1 Å². The van der Waals surface area contributed by atoms with Gasteiger partial charge in [0.2, 0.25) is 0 Å². The van der Waals surface area contributed by atoms with Crippen LogP contribution in [0, 0.1) is 5.82 Å². The Morgan fingerprint density at radius 3 is 2.37 bits per heavy atom. The van der Waals surface area contributed by atoms with E-state index in [2.05, 4.69) is 37.2 Å². The van der Waals surface area contributed by atoms with E-state index >= 15 is 0 Å². The van der Waals surface area contributed by atoms with Crippen molar-refractivity contribution in [1.82, 2.24) is 0 Å². The smallest absolute Gasteiger partial charge is 0.129 e. The first-order valence-corrected chi connectivity index (χ1v) is 7.60. The van der Waals surface area contributed by atoms with Crippen molar-refractivity contribution in [3.05, 3.63) is 61.7 Å². The molecule has 0 aliphatic rings. The lowest BCUT2D eigenvalue weighted by Gasteiger charge is -2.17. The summed E-state index contributed by atoms with van der Waals surface area (Å²) in [4.78, 5) is 0. The van der Waals surface area contributed by atoms with E-state index < -0.39 is 0 Å². The standard InChI is InChI=1S/C14H11Br2ClFN/c1-8(11-4-2-10(16)7-13(11)18)19-14-5-3-9(15)6-12(14)17/h2-8,19H,1H3. The van der Waals surface area contributed by atoms with E-state index in [1.807, 2.05) is 25.1 Å². The van der Waals surface area contributed by atoms with Crippen LogP contribution in [0.5, 0.6) is 0 Å². The molecular weight excluding hydrogens is 396 g/mol. The molecule has 100 valence electrons. The molecule has 1 unspecified atom stereocenters. The molecule has 0 spiro atoms. The highest BCUT2D eigenvalue weighted by Crippen LogP contribution is 2.30. The van der Waals surface area contributed by atoms with Crippen LogP contribution >= 0.6 is 43.5 Å². The van der Waals surface area contributed by atoms with Crippen molar-refractivity contribution < 1.29 is 4.39 Å². The number of benzene rings is 2. The van der Waals surface area contributed by atoms with Crippen LogP contribution in [-0.2, 0) is 0 Å². The zero-order valence-electron chi connectivity index (χ0n) is 10.1. The quantitative estimate of drug-likeness (QED) is 0.641. The van der Waals surface area contributed by atoms with Crippen molar-refractivity contribution in [3.63, 3.8) is 0 Å². The Morgan fingerprint density at radius 2 is 1.74 bits per heavy atom. The number of hydrogen-bond acceptors (Lipinski definition) is 1. The van der Waals surface area contributed by atoms with Crippen LogP contribution in [0.25, 0.3) is 0 Å². The van der Waals surface area contributed by atoms with Crippen molar-refractivity contribution in [2.24, 2.45) is 0 Å². The van der Waals surface area contributed by atoms with Crippen LogP contribution in [0.3, 0.4) is 0 Å². The normalized spacial score (nSPS) is 12.3. The predicted octanol–water partition coefficient (Wildman–Crippen LogP) is 6.18. The third-order valence-corrected chi connectivity index (χ3v) is 4.03.